The van der Waals surface area contributed by atoms with Gasteiger partial charge in [-0.05, 0) is 51.1 Å². The fourth-order valence-corrected chi connectivity index (χ4v) is 2.90. The Balaban J connectivity index is 2.12. The van der Waals surface area contributed by atoms with Crippen LogP contribution in [0.5, 0.6) is 0 Å². The molecule has 1 aliphatic heterocycles. The summed E-state index contributed by atoms with van der Waals surface area (Å²) in [6.45, 7) is 7.92. The predicted octanol–water partition coefficient (Wildman–Crippen LogP) is 2.63. The van der Waals surface area contributed by atoms with E-state index in [1.54, 1.807) is 0 Å². The third-order valence-corrected chi connectivity index (χ3v) is 4.14. The number of benzene rings is 1. The number of anilines is 1. The van der Waals surface area contributed by atoms with Gasteiger partial charge in [-0.1, -0.05) is 19.1 Å². The van der Waals surface area contributed by atoms with E-state index in [1.165, 1.54) is 24.2 Å². The minimum atomic E-state index is 0.168. The van der Waals surface area contributed by atoms with Crippen LogP contribution < -0.4 is 10.6 Å². The summed E-state index contributed by atoms with van der Waals surface area (Å²) in [6.07, 6.45) is 2.22. The maximum atomic E-state index is 6.07. The van der Waals surface area contributed by atoms with Gasteiger partial charge in [-0.2, -0.15) is 0 Å². The Labute approximate surface area is 117 Å². The third kappa shape index (κ3) is 3.48. The molecule has 1 aliphatic rings. The second kappa shape index (κ2) is 6.40. The van der Waals surface area contributed by atoms with E-state index in [9.17, 15) is 0 Å². The van der Waals surface area contributed by atoms with Crippen molar-refractivity contribution in [2.24, 2.45) is 5.73 Å². The zero-order chi connectivity index (χ0) is 13.8. The first-order valence-corrected chi connectivity index (χ1v) is 7.42. The minimum absolute atomic E-state index is 0.168. The zero-order valence-electron chi connectivity index (χ0n) is 12.5. The minimum Gasteiger partial charge on any atom is -0.367 e. The lowest BCUT2D eigenvalue weighted by molar-refractivity contribution is 0.337. The second-order valence-corrected chi connectivity index (χ2v) is 5.76. The molecule has 0 saturated carbocycles. The molecule has 1 heterocycles. The molecule has 19 heavy (non-hydrogen) atoms. The molecule has 0 radical (unpaired) electrons. The molecule has 0 aliphatic carbocycles. The van der Waals surface area contributed by atoms with Gasteiger partial charge >= 0.3 is 0 Å². The molecule has 0 amide bonds. The van der Waals surface area contributed by atoms with Crippen molar-refractivity contribution >= 4 is 5.69 Å². The van der Waals surface area contributed by atoms with Crippen molar-refractivity contribution < 1.29 is 0 Å². The highest BCUT2D eigenvalue weighted by molar-refractivity contribution is 5.49. The van der Waals surface area contributed by atoms with Crippen LogP contribution >= 0.6 is 0 Å². The van der Waals surface area contributed by atoms with E-state index in [-0.39, 0.29) is 6.04 Å². The van der Waals surface area contributed by atoms with Gasteiger partial charge in [-0.3, -0.25) is 0 Å². The molecule has 3 heteroatoms. The van der Waals surface area contributed by atoms with Gasteiger partial charge in [0.25, 0.3) is 0 Å². The normalized spacial score (nSPS) is 23.2. The molecule has 2 N–H and O–H groups in total. The lowest BCUT2D eigenvalue weighted by atomic mass is 10.0. The molecule has 1 unspecified atom stereocenters. The number of hydrogen-bond acceptors (Lipinski definition) is 3. The van der Waals surface area contributed by atoms with E-state index in [0.29, 0.717) is 6.04 Å². The number of nitrogens with zero attached hydrogens (tertiary/aromatic N) is 2. The van der Waals surface area contributed by atoms with Gasteiger partial charge in [0.05, 0.1) is 0 Å². The Morgan fingerprint density at radius 1 is 1.26 bits per heavy atom. The van der Waals surface area contributed by atoms with E-state index in [4.69, 9.17) is 5.73 Å². The Kier molecular flexibility index (Phi) is 4.83. The molecule has 1 fully saturated rings. The first-order chi connectivity index (χ1) is 9.11. The fraction of sp³-hybridized carbons (Fsp3) is 0.625. The highest BCUT2D eigenvalue weighted by Crippen LogP contribution is 2.23. The molecule has 2 rings (SSSR count). The quantitative estimate of drug-likeness (QED) is 0.908. The molecule has 1 saturated heterocycles. The Morgan fingerprint density at radius 2 is 1.95 bits per heavy atom. The number of rotatable bonds is 3. The summed E-state index contributed by atoms with van der Waals surface area (Å²) in [6, 6.07) is 9.56. The van der Waals surface area contributed by atoms with E-state index < -0.39 is 0 Å². The molecule has 0 aromatic heterocycles. The van der Waals surface area contributed by atoms with Gasteiger partial charge in [0.15, 0.2) is 0 Å². The van der Waals surface area contributed by atoms with Crippen LogP contribution in [-0.4, -0.2) is 37.6 Å². The van der Waals surface area contributed by atoms with Gasteiger partial charge in [0.2, 0.25) is 0 Å². The van der Waals surface area contributed by atoms with Crippen LogP contribution in [0.2, 0.25) is 0 Å². The monoisotopic (exact) mass is 261 g/mol. The maximum absolute atomic E-state index is 6.07. The van der Waals surface area contributed by atoms with Crippen LogP contribution in [0.1, 0.15) is 38.3 Å². The standard InChI is InChI=1S/C16H27N3/c1-4-16(17)14-6-8-15(9-7-14)19-11-5-10-18(3)12-13(19)2/h6-9,13,16H,4-5,10-12,17H2,1-3H3/t13?,16-/m0/s1. The maximum Gasteiger partial charge on any atom is 0.0388 e. The molecule has 0 bridgehead atoms. The summed E-state index contributed by atoms with van der Waals surface area (Å²) in [5.41, 5.74) is 8.64. The van der Waals surface area contributed by atoms with Crippen LogP contribution in [0.15, 0.2) is 24.3 Å². The number of hydrogen-bond donors (Lipinski definition) is 1. The van der Waals surface area contributed by atoms with Gasteiger partial charge in [-0.15, -0.1) is 0 Å². The lowest BCUT2D eigenvalue weighted by Gasteiger charge is -2.30. The summed E-state index contributed by atoms with van der Waals surface area (Å²) in [5, 5.41) is 0. The van der Waals surface area contributed by atoms with E-state index in [1.807, 2.05) is 0 Å². The second-order valence-electron chi connectivity index (χ2n) is 5.76. The van der Waals surface area contributed by atoms with Crippen molar-refractivity contribution in [2.45, 2.75) is 38.8 Å². The van der Waals surface area contributed by atoms with Crippen molar-refractivity contribution in [1.82, 2.24) is 4.90 Å². The smallest absolute Gasteiger partial charge is 0.0388 e. The van der Waals surface area contributed by atoms with E-state index in [0.717, 1.165) is 19.5 Å². The number of nitrogens with two attached hydrogens (primary N) is 1. The van der Waals surface area contributed by atoms with Crippen LogP contribution in [0.25, 0.3) is 0 Å². The van der Waals surface area contributed by atoms with Crippen molar-refractivity contribution in [1.29, 1.82) is 0 Å². The SMILES string of the molecule is CC[C@H](N)c1ccc(N2CCCN(C)CC2C)cc1. The average molecular weight is 261 g/mol. The first kappa shape index (κ1) is 14.4. The highest BCUT2D eigenvalue weighted by Gasteiger charge is 2.19. The van der Waals surface area contributed by atoms with Crippen LogP contribution in [0.4, 0.5) is 5.69 Å². The molecular weight excluding hydrogens is 234 g/mol. The molecule has 0 spiro atoms. The van der Waals surface area contributed by atoms with Gasteiger partial charge in [-0.25, -0.2) is 0 Å². The summed E-state index contributed by atoms with van der Waals surface area (Å²) in [7, 11) is 2.21. The summed E-state index contributed by atoms with van der Waals surface area (Å²) >= 11 is 0. The van der Waals surface area contributed by atoms with Crippen molar-refractivity contribution in [3.63, 3.8) is 0 Å². The summed E-state index contributed by atoms with van der Waals surface area (Å²) in [5.74, 6) is 0. The third-order valence-electron chi connectivity index (χ3n) is 4.14. The molecule has 3 nitrogen and oxygen atoms in total. The zero-order valence-corrected chi connectivity index (χ0v) is 12.5. The van der Waals surface area contributed by atoms with Gasteiger partial charge in [0.1, 0.15) is 0 Å². The van der Waals surface area contributed by atoms with E-state index >= 15 is 0 Å². The van der Waals surface area contributed by atoms with Crippen LogP contribution in [0, 0.1) is 0 Å². The predicted molar refractivity (Wildman–Crippen MR) is 82.6 cm³/mol. The molecule has 1 aromatic carbocycles. The van der Waals surface area contributed by atoms with Crippen molar-refractivity contribution in [2.75, 3.05) is 31.6 Å². The highest BCUT2D eigenvalue weighted by atomic mass is 15.2. The molecular formula is C16H27N3. The Hall–Kier alpha value is -1.06. The first-order valence-electron chi connectivity index (χ1n) is 7.42. The summed E-state index contributed by atoms with van der Waals surface area (Å²) < 4.78 is 0. The fourth-order valence-electron chi connectivity index (χ4n) is 2.90. The average Bonchev–Trinajstić information content (AvgIpc) is 2.58. The topological polar surface area (TPSA) is 32.5 Å². The van der Waals surface area contributed by atoms with E-state index in [2.05, 4.69) is 55.0 Å². The Bertz CT molecular complexity index is 387. The number of likely N-dealkylation sites (N-methyl/N-ethyl adjacent to an activating group) is 1. The largest absolute Gasteiger partial charge is 0.367 e. The molecule has 106 valence electrons. The van der Waals surface area contributed by atoms with Gasteiger partial charge in [0, 0.05) is 30.9 Å². The van der Waals surface area contributed by atoms with Crippen molar-refractivity contribution in [3.05, 3.63) is 29.8 Å². The van der Waals surface area contributed by atoms with Crippen molar-refractivity contribution in [3.8, 4) is 0 Å². The van der Waals surface area contributed by atoms with Crippen LogP contribution in [-0.2, 0) is 0 Å². The molecule has 2 atom stereocenters. The van der Waals surface area contributed by atoms with Crippen LogP contribution in [0.3, 0.4) is 0 Å². The van der Waals surface area contributed by atoms with Gasteiger partial charge < -0.3 is 15.5 Å². The lowest BCUT2D eigenvalue weighted by Crippen LogP contribution is -2.37. The Morgan fingerprint density at radius 3 is 2.58 bits per heavy atom. The molecule has 1 aromatic rings. The summed E-state index contributed by atoms with van der Waals surface area (Å²) in [4.78, 5) is 4.94.